The number of methoxy groups -OCH3 is 1. The van der Waals surface area contributed by atoms with Crippen molar-refractivity contribution in [3.05, 3.63) is 29.3 Å². The van der Waals surface area contributed by atoms with Crippen LogP contribution in [0.2, 0.25) is 0 Å². The number of nitrogens with one attached hydrogen (secondary N) is 1. The van der Waals surface area contributed by atoms with Crippen molar-refractivity contribution in [3.8, 4) is 5.75 Å². The van der Waals surface area contributed by atoms with Crippen molar-refractivity contribution in [1.82, 2.24) is 13.9 Å². The maximum Gasteiger partial charge on any atom is 0.279 e. The highest BCUT2D eigenvalue weighted by Crippen LogP contribution is 2.29. The number of carbonyl (C=O) groups excluding carboxylic acids is 1. The summed E-state index contributed by atoms with van der Waals surface area (Å²) in [5.74, 6) is 0.681. The predicted molar refractivity (Wildman–Crippen MR) is 101 cm³/mol. The Hall–Kier alpha value is -1.64. The molecule has 1 N–H and O–H groups in total. The van der Waals surface area contributed by atoms with Crippen molar-refractivity contribution >= 4 is 16.1 Å². The third-order valence-corrected chi connectivity index (χ3v) is 6.44. The van der Waals surface area contributed by atoms with Crippen molar-refractivity contribution in [2.45, 2.75) is 26.8 Å². The minimum absolute atomic E-state index is 0.0464. The lowest BCUT2D eigenvalue weighted by molar-refractivity contribution is 0.0779. The van der Waals surface area contributed by atoms with E-state index >= 15 is 0 Å². The van der Waals surface area contributed by atoms with Gasteiger partial charge in [-0.25, -0.2) is 0 Å². The molecule has 1 fully saturated rings. The first-order valence-electron chi connectivity index (χ1n) is 8.70. The van der Waals surface area contributed by atoms with Crippen molar-refractivity contribution in [2.75, 3.05) is 34.3 Å². The molecular weight excluding hydrogens is 354 g/mol. The SMILES string of the molecule is COc1cc(C)ccc1C(=O)N1C[C@@H](NS(=O)(=O)N(C)C)[C@H](C(C)C)C1. The normalized spacial score (nSPS) is 20.8. The van der Waals surface area contributed by atoms with Gasteiger partial charge in [0.05, 0.1) is 12.7 Å². The molecule has 1 aliphatic heterocycles. The highest BCUT2D eigenvalue weighted by atomic mass is 32.2. The Labute approximate surface area is 156 Å². The van der Waals surface area contributed by atoms with Gasteiger partial charge in [-0.1, -0.05) is 19.9 Å². The average molecular weight is 384 g/mol. The van der Waals surface area contributed by atoms with E-state index in [-0.39, 0.29) is 23.8 Å². The number of hydrogen-bond donors (Lipinski definition) is 1. The summed E-state index contributed by atoms with van der Waals surface area (Å²) < 4.78 is 33.7. The number of nitrogens with zero attached hydrogens (tertiary/aromatic N) is 2. The Kier molecular flexibility index (Phi) is 6.31. The molecule has 1 aliphatic rings. The van der Waals surface area contributed by atoms with Crippen LogP contribution in [-0.2, 0) is 10.2 Å². The molecule has 0 radical (unpaired) electrons. The minimum atomic E-state index is -3.56. The van der Waals surface area contributed by atoms with E-state index in [2.05, 4.69) is 4.72 Å². The molecule has 0 unspecified atom stereocenters. The molecule has 0 saturated carbocycles. The van der Waals surface area contributed by atoms with Gasteiger partial charge in [0.15, 0.2) is 0 Å². The Balaban J connectivity index is 2.25. The number of carbonyl (C=O) groups is 1. The lowest BCUT2D eigenvalue weighted by Crippen LogP contribution is -2.46. The van der Waals surface area contributed by atoms with Gasteiger partial charge in [0.1, 0.15) is 5.75 Å². The minimum Gasteiger partial charge on any atom is -0.496 e. The molecular formula is C18H29N3O4S. The van der Waals surface area contributed by atoms with E-state index in [1.807, 2.05) is 32.9 Å². The molecule has 146 valence electrons. The van der Waals surface area contributed by atoms with Crippen molar-refractivity contribution in [3.63, 3.8) is 0 Å². The van der Waals surface area contributed by atoms with Crippen LogP contribution in [0.4, 0.5) is 0 Å². The molecule has 0 aromatic heterocycles. The predicted octanol–water partition coefficient (Wildman–Crippen LogP) is 1.50. The zero-order chi connectivity index (χ0) is 19.6. The van der Waals surface area contributed by atoms with Gasteiger partial charge in [-0.05, 0) is 36.5 Å². The summed E-state index contributed by atoms with van der Waals surface area (Å²) in [6, 6.07) is 5.15. The van der Waals surface area contributed by atoms with Gasteiger partial charge in [-0.3, -0.25) is 4.79 Å². The summed E-state index contributed by atoms with van der Waals surface area (Å²) in [6.07, 6.45) is 0. The second kappa shape index (κ2) is 7.94. The fourth-order valence-corrected chi connectivity index (χ4v) is 4.08. The number of hydrogen-bond acceptors (Lipinski definition) is 4. The first-order chi connectivity index (χ1) is 12.1. The number of rotatable bonds is 6. The number of likely N-dealkylation sites (tertiary alicyclic amines) is 1. The average Bonchev–Trinajstić information content (AvgIpc) is 2.97. The number of ether oxygens (including phenoxy) is 1. The summed E-state index contributed by atoms with van der Waals surface area (Å²) >= 11 is 0. The monoisotopic (exact) mass is 383 g/mol. The van der Waals surface area contributed by atoms with E-state index in [1.165, 1.54) is 14.1 Å². The Morgan fingerprint density at radius 2 is 1.96 bits per heavy atom. The Morgan fingerprint density at radius 1 is 1.31 bits per heavy atom. The maximum atomic E-state index is 13.0. The quantitative estimate of drug-likeness (QED) is 0.807. The lowest BCUT2D eigenvalue weighted by atomic mass is 9.92. The summed E-state index contributed by atoms with van der Waals surface area (Å²) in [4.78, 5) is 14.7. The molecule has 0 aliphatic carbocycles. The molecule has 26 heavy (non-hydrogen) atoms. The highest BCUT2D eigenvalue weighted by Gasteiger charge is 2.40. The Morgan fingerprint density at radius 3 is 2.50 bits per heavy atom. The van der Waals surface area contributed by atoms with Crippen molar-refractivity contribution in [2.24, 2.45) is 11.8 Å². The molecule has 0 spiro atoms. The van der Waals surface area contributed by atoms with Crippen LogP contribution in [0.1, 0.15) is 29.8 Å². The largest absolute Gasteiger partial charge is 0.496 e. The molecule has 8 heteroatoms. The van der Waals surface area contributed by atoms with Crippen LogP contribution < -0.4 is 9.46 Å². The molecule has 2 rings (SSSR count). The van der Waals surface area contributed by atoms with Crippen molar-refractivity contribution in [1.29, 1.82) is 0 Å². The van der Waals surface area contributed by atoms with Gasteiger partial charge in [-0.2, -0.15) is 17.4 Å². The van der Waals surface area contributed by atoms with Crippen LogP contribution in [0.5, 0.6) is 5.75 Å². The molecule has 1 heterocycles. The first-order valence-corrected chi connectivity index (χ1v) is 10.1. The summed E-state index contributed by atoms with van der Waals surface area (Å²) in [5.41, 5.74) is 1.51. The van der Waals surface area contributed by atoms with Crippen molar-refractivity contribution < 1.29 is 17.9 Å². The van der Waals surface area contributed by atoms with Gasteiger partial charge in [-0.15, -0.1) is 0 Å². The second-order valence-corrected chi connectivity index (χ2v) is 9.25. The van der Waals surface area contributed by atoms with Crippen LogP contribution in [0, 0.1) is 18.8 Å². The number of aryl methyl sites for hydroxylation is 1. The lowest BCUT2D eigenvalue weighted by Gasteiger charge is -2.24. The Bertz CT molecular complexity index is 762. The third kappa shape index (κ3) is 4.36. The molecule has 1 aromatic carbocycles. The number of benzene rings is 1. The topological polar surface area (TPSA) is 79.0 Å². The van der Waals surface area contributed by atoms with E-state index in [9.17, 15) is 13.2 Å². The van der Waals surface area contributed by atoms with E-state index < -0.39 is 10.2 Å². The molecule has 2 atom stereocenters. The molecule has 0 bridgehead atoms. The van der Waals surface area contributed by atoms with Gasteiger partial charge in [0.25, 0.3) is 16.1 Å². The van der Waals surface area contributed by atoms with E-state index in [0.717, 1.165) is 9.87 Å². The first kappa shape index (κ1) is 20.7. The summed E-state index contributed by atoms with van der Waals surface area (Å²) in [6.45, 7) is 6.87. The fourth-order valence-electron chi connectivity index (χ4n) is 3.24. The van der Waals surface area contributed by atoms with Crippen LogP contribution in [0.3, 0.4) is 0 Å². The molecule has 1 amide bonds. The molecule has 1 aromatic rings. The zero-order valence-electron chi connectivity index (χ0n) is 16.3. The standard InChI is InChI=1S/C18H29N3O4S/c1-12(2)15-10-21(11-16(15)19-26(23,24)20(4)5)18(22)14-8-7-13(3)9-17(14)25-6/h7-9,12,15-16,19H,10-11H2,1-6H3/t15-,16+/m0/s1. The van der Waals surface area contributed by atoms with Crippen LogP contribution in [-0.4, -0.2) is 63.9 Å². The van der Waals surface area contributed by atoms with E-state index in [1.54, 1.807) is 18.1 Å². The van der Waals surface area contributed by atoms with Gasteiger partial charge < -0.3 is 9.64 Å². The van der Waals surface area contributed by atoms with E-state index in [0.29, 0.717) is 24.4 Å². The third-order valence-electron chi connectivity index (χ3n) is 4.88. The number of amides is 1. The smallest absolute Gasteiger partial charge is 0.279 e. The zero-order valence-corrected chi connectivity index (χ0v) is 17.1. The molecule has 7 nitrogen and oxygen atoms in total. The highest BCUT2D eigenvalue weighted by molar-refractivity contribution is 7.87. The maximum absolute atomic E-state index is 13.0. The van der Waals surface area contributed by atoms with E-state index in [4.69, 9.17) is 4.74 Å². The van der Waals surface area contributed by atoms with Crippen LogP contribution in [0.25, 0.3) is 0 Å². The fraction of sp³-hybridized carbons (Fsp3) is 0.611. The summed E-state index contributed by atoms with van der Waals surface area (Å²) in [5, 5.41) is 0. The van der Waals surface area contributed by atoms with Crippen LogP contribution in [0.15, 0.2) is 18.2 Å². The summed E-state index contributed by atoms with van der Waals surface area (Å²) in [7, 11) is 0.958. The second-order valence-electron chi connectivity index (χ2n) is 7.33. The van der Waals surface area contributed by atoms with Gasteiger partial charge in [0.2, 0.25) is 0 Å². The van der Waals surface area contributed by atoms with Crippen LogP contribution >= 0.6 is 0 Å². The van der Waals surface area contributed by atoms with Gasteiger partial charge >= 0.3 is 0 Å². The molecule has 1 saturated heterocycles. The van der Waals surface area contributed by atoms with Gasteiger partial charge in [0, 0.05) is 33.2 Å².